The molecule has 190 valence electrons. The summed E-state index contributed by atoms with van der Waals surface area (Å²) in [5, 5.41) is 6.60. The van der Waals surface area contributed by atoms with Crippen molar-refractivity contribution >= 4 is 17.4 Å². The Morgan fingerprint density at radius 3 is 2.44 bits per heavy atom. The number of rotatable bonds is 8. The van der Waals surface area contributed by atoms with Crippen molar-refractivity contribution in [2.24, 2.45) is 7.05 Å². The fraction of sp³-hybridized carbons (Fsp3) is 0.320. The third-order valence-corrected chi connectivity index (χ3v) is 5.63. The zero-order chi connectivity index (χ0) is 25.7. The second-order valence-corrected chi connectivity index (χ2v) is 8.39. The highest BCUT2D eigenvalue weighted by Gasteiger charge is 2.32. The number of carbonyl (C=O) groups is 2. The van der Waals surface area contributed by atoms with Gasteiger partial charge in [0.25, 0.3) is 0 Å². The highest BCUT2D eigenvalue weighted by molar-refractivity contribution is 6.00. The van der Waals surface area contributed by atoms with Crippen molar-refractivity contribution in [3.05, 3.63) is 66.0 Å². The first-order valence-electron chi connectivity index (χ1n) is 11.3. The van der Waals surface area contributed by atoms with E-state index in [1.165, 1.54) is 12.1 Å². The summed E-state index contributed by atoms with van der Waals surface area (Å²) in [6.45, 7) is 2.01. The lowest BCUT2D eigenvalue weighted by Gasteiger charge is -2.26. The minimum Gasteiger partial charge on any atom is -0.404 e. The van der Waals surface area contributed by atoms with E-state index in [1.54, 1.807) is 10.9 Å². The number of nitrogens with zero attached hydrogens (tertiary/aromatic N) is 3. The highest BCUT2D eigenvalue weighted by Crippen LogP contribution is 2.32. The first-order valence-corrected chi connectivity index (χ1v) is 11.3. The molecule has 0 radical (unpaired) electrons. The summed E-state index contributed by atoms with van der Waals surface area (Å²) in [6, 6.07) is 10.9. The van der Waals surface area contributed by atoms with E-state index in [2.05, 4.69) is 15.2 Å². The van der Waals surface area contributed by atoms with Gasteiger partial charge in [-0.05, 0) is 29.3 Å². The van der Waals surface area contributed by atoms with Crippen LogP contribution in [0.5, 0.6) is 5.75 Å². The minimum atomic E-state index is -4.95. The van der Waals surface area contributed by atoms with Crippen molar-refractivity contribution in [2.45, 2.75) is 12.8 Å². The quantitative estimate of drug-likeness (QED) is 0.473. The van der Waals surface area contributed by atoms with Crippen molar-refractivity contribution < 1.29 is 32.2 Å². The van der Waals surface area contributed by atoms with E-state index < -0.39 is 18.0 Å². The van der Waals surface area contributed by atoms with E-state index in [4.69, 9.17) is 4.74 Å². The van der Waals surface area contributed by atoms with Gasteiger partial charge in [0.05, 0.1) is 31.6 Å². The molecule has 3 aromatic rings. The van der Waals surface area contributed by atoms with Crippen molar-refractivity contribution in [3.63, 3.8) is 0 Å². The molecule has 1 fully saturated rings. The van der Waals surface area contributed by atoms with Gasteiger partial charge in [-0.1, -0.05) is 24.3 Å². The molecule has 11 heteroatoms. The molecule has 0 atom stereocenters. The lowest BCUT2D eigenvalue weighted by atomic mass is 10.00. The number of amides is 1. The molecule has 2 heterocycles. The molecule has 1 N–H and O–H groups in total. The average Bonchev–Trinajstić information content (AvgIpc) is 3.26. The molecule has 1 aromatic heterocycles. The minimum absolute atomic E-state index is 0.0176. The predicted octanol–water partition coefficient (Wildman–Crippen LogP) is 3.68. The molecule has 0 unspecified atom stereocenters. The number of halogens is 3. The molecular formula is C25H25F3N4O4. The molecule has 1 amide bonds. The highest BCUT2D eigenvalue weighted by atomic mass is 19.4. The summed E-state index contributed by atoms with van der Waals surface area (Å²) in [6.07, 6.45) is -1.31. The number of aromatic nitrogens is 2. The number of aryl methyl sites for hydroxylation is 1. The van der Waals surface area contributed by atoms with Gasteiger partial charge in [0.15, 0.2) is 11.5 Å². The monoisotopic (exact) mass is 502 g/mol. The van der Waals surface area contributed by atoms with Gasteiger partial charge in [-0.2, -0.15) is 5.10 Å². The van der Waals surface area contributed by atoms with Crippen LogP contribution in [0.3, 0.4) is 0 Å². The summed E-state index contributed by atoms with van der Waals surface area (Å²) in [5.41, 5.74) is 2.55. The number of alkyl halides is 3. The lowest BCUT2D eigenvalue weighted by Crippen LogP contribution is -2.41. The SMILES string of the molecule is Cn1cc(-c2ccc(CC(=O)c3ccc(OC(F)(F)F)c(NC(=O)CN4CCOCC4)c3)cc2)cn1. The van der Waals surface area contributed by atoms with E-state index in [0.717, 1.165) is 22.8 Å². The largest absolute Gasteiger partial charge is 0.573 e. The molecule has 1 aliphatic rings. The number of hydrogen-bond acceptors (Lipinski definition) is 6. The molecule has 0 aliphatic carbocycles. The average molecular weight is 502 g/mol. The van der Waals surface area contributed by atoms with Gasteiger partial charge >= 0.3 is 6.36 Å². The summed E-state index contributed by atoms with van der Waals surface area (Å²) in [5.74, 6) is -1.42. The number of carbonyl (C=O) groups excluding carboxylic acids is 2. The Morgan fingerprint density at radius 2 is 1.81 bits per heavy atom. The first-order chi connectivity index (χ1) is 17.2. The summed E-state index contributed by atoms with van der Waals surface area (Å²) in [4.78, 5) is 27.2. The predicted molar refractivity (Wildman–Crippen MR) is 126 cm³/mol. The van der Waals surface area contributed by atoms with Crippen LogP contribution in [0.2, 0.25) is 0 Å². The smallest absolute Gasteiger partial charge is 0.404 e. The van der Waals surface area contributed by atoms with E-state index in [9.17, 15) is 22.8 Å². The standard InChI is InChI=1S/C25H25F3N4O4/c1-31-15-20(14-29-31)18-4-2-17(3-5-18)12-22(33)19-6-7-23(36-25(26,27)28)21(13-19)30-24(34)16-32-8-10-35-11-9-32/h2-7,13-15H,8-12,16H2,1H3,(H,30,34). The van der Waals surface area contributed by atoms with Gasteiger partial charge in [0, 0.05) is 43.9 Å². The molecule has 0 saturated carbocycles. The lowest BCUT2D eigenvalue weighted by molar-refractivity contribution is -0.274. The van der Waals surface area contributed by atoms with E-state index >= 15 is 0 Å². The summed E-state index contributed by atoms with van der Waals surface area (Å²) < 4.78 is 49.7. The van der Waals surface area contributed by atoms with E-state index in [1.807, 2.05) is 42.4 Å². The van der Waals surface area contributed by atoms with Crippen molar-refractivity contribution in [3.8, 4) is 16.9 Å². The molecule has 2 aromatic carbocycles. The van der Waals surface area contributed by atoms with Crippen LogP contribution < -0.4 is 10.1 Å². The number of anilines is 1. The molecule has 8 nitrogen and oxygen atoms in total. The van der Waals surface area contributed by atoms with Crippen LogP contribution in [0, 0.1) is 0 Å². The van der Waals surface area contributed by atoms with Gasteiger partial charge in [-0.25, -0.2) is 0 Å². The fourth-order valence-corrected chi connectivity index (χ4v) is 3.84. The Bertz CT molecular complexity index is 1220. The second kappa shape index (κ2) is 10.9. The zero-order valence-electron chi connectivity index (χ0n) is 19.5. The Kier molecular flexibility index (Phi) is 7.70. The Morgan fingerprint density at radius 1 is 1.08 bits per heavy atom. The van der Waals surface area contributed by atoms with Crippen LogP contribution in [0.15, 0.2) is 54.9 Å². The van der Waals surface area contributed by atoms with Crippen LogP contribution in [0.4, 0.5) is 18.9 Å². The number of morpholine rings is 1. The molecule has 36 heavy (non-hydrogen) atoms. The maximum atomic E-state index is 12.9. The first kappa shape index (κ1) is 25.4. The number of Topliss-reactive ketones (excluding diaryl/α,β-unsaturated/α-hetero) is 1. The van der Waals surface area contributed by atoms with Crippen LogP contribution >= 0.6 is 0 Å². The second-order valence-electron chi connectivity index (χ2n) is 8.39. The number of ether oxygens (including phenoxy) is 2. The van der Waals surface area contributed by atoms with Gasteiger partial charge < -0.3 is 14.8 Å². The zero-order valence-corrected chi connectivity index (χ0v) is 19.5. The molecule has 1 aliphatic heterocycles. The number of hydrogen-bond donors (Lipinski definition) is 1. The Labute approximate surface area is 205 Å². The maximum absolute atomic E-state index is 12.9. The van der Waals surface area contributed by atoms with Gasteiger partial charge in [-0.3, -0.25) is 19.2 Å². The Hall–Kier alpha value is -3.70. The molecule has 0 spiro atoms. The van der Waals surface area contributed by atoms with Crippen LogP contribution in [0.1, 0.15) is 15.9 Å². The van der Waals surface area contributed by atoms with Gasteiger partial charge in [-0.15, -0.1) is 13.2 Å². The summed E-state index contributed by atoms with van der Waals surface area (Å²) in [7, 11) is 1.82. The topological polar surface area (TPSA) is 85.7 Å². The van der Waals surface area contributed by atoms with Gasteiger partial charge in [0.2, 0.25) is 5.91 Å². The molecule has 1 saturated heterocycles. The number of ketones is 1. The summed E-state index contributed by atoms with van der Waals surface area (Å²) >= 11 is 0. The maximum Gasteiger partial charge on any atom is 0.573 e. The van der Waals surface area contributed by atoms with Crippen LogP contribution in [0.25, 0.3) is 11.1 Å². The van der Waals surface area contributed by atoms with Crippen molar-refractivity contribution in [1.82, 2.24) is 14.7 Å². The van der Waals surface area contributed by atoms with Crippen molar-refractivity contribution in [2.75, 3.05) is 38.2 Å². The molecule has 4 rings (SSSR count). The molecule has 0 bridgehead atoms. The molecular weight excluding hydrogens is 477 g/mol. The normalized spacial score (nSPS) is 14.4. The number of nitrogens with one attached hydrogen (secondary N) is 1. The fourth-order valence-electron chi connectivity index (χ4n) is 3.84. The van der Waals surface area contributed by atoms with Crippen LogP contribution in [-0.2, 0) is 23.0 Å². The third-order valence-electron chi connectivity index (χ3n) is 5.63. The van der Waals surface area contributed by atoms with Gasteiger partial charge in [0.1, 0.15) is 0 Å². The van der Waals surface area contributed by atoms with E-state index in [0.29, 0.717) is 26.3 Å². The van der Waals surface area contributed by atoms with Crippen LogP contribution in [-0.4, -0.2) is 65.6 Å². The Balaban J connectivity index is 1.48. The number of benzene rings is 2. The third kappa shape index (κ3) is 6.92. The van der Waals surface area contributed by atoms with Crippen molar-refractivity contribution in [1.29, 1.82) is 0 Å². The van der Waals surface area contributed by atoms with E-state index in [-0.39, 0.29) is 30.0 Å².